The summed E-state index contributed by atoms with van der Waals surface area (Å²) in [5, 5.41) is 3.09. The molecule has 1 aromatic rings. The van der Waals surface area contributed by atoms with Gasteiger partial charge in [0.1, 0.15) is 0 Å². The summed E-state index contributed by atoms with van der Waals surface area (Å²) in [6, 6.07) is 5.89. The smallest absolute Gasteiger partial charge is 0.256 e. The number of hydrogen-bond acceptors (Lipinski definition) is 3. The molecule has 0 spiro atoms. The van der Waals surface area contributed by atoms with Crippen LogP contribution in [0.15, 0.2) is 18.2 Å². The molecule has 1 amide bonds. The van der Waals surface area contributed by atoms with Gasteiger partial charge in [0.25, 0.3) is 5.91 Å². The van der Waals surface area contributed by atoms with Gasteiger partial charge >= 0.3 is 0 Å². The maximum atomic E-state index is 12.7. The summed E-state index contributed by atoms with van der Waals surface area (Å²) in [6.45, 7) is 8.13. The van der Waals surface area contributed by atoms with E-state index in [9.17, 15) is 4.79 Å². The second kappa shape index (κ2) is 7.90. The summed E-state index contributed by atoms with van der Waals surface area (Å²) in [6.07, 6.45) is 0. The van der Waals surface area contributed by atoms with Crippen LogP contribution in [0.4, 0.5) is 5.69 Å². The fourth-order valence-corrected chi connectivity index (χ4v) is 2.14. The van der Waals surface area contributed by atoms with Gasteiger partial charge in [-0.15, -0.1) is 0 Å². The summed E-state index contributed by atoms with van der Waals surface area (Å²) in [7, 11) is 3.49. The second-order valence-corrected chi connectivity index (χ2v) is 5.44. The van der Waals surface area contributed by atoms with E-state index in [-0.39, 0.29) is 5.91 Å². The molecule has 0 saturated carbocycles. The molecule has 0 saturated heterocycles. The molecule has 0 radical (unpaired) electrons. The van der Waals surface area contributed by atoms with E-state index in [2.05, 4.69) is 19.2 Å². The third kappa shape index (κ3) is 4.53. The summed E-state index contributed by atoms with van der Waals surface area (Å²) in [5.41, 5.74) is 2.68. The minimum Gasteiger partial charge on any atom is -0.387 e. The third-order valence-corrected chi connectivity index (χ3v) is 3.11. The number of methoxy groups -OCH3 is 1. The molecule has 0 fully saturated rings. The van der Waals surface area contributed by atoms with Crippen molar-refractivity contribution in [1.82, 2.24) is 4.90 Å². The maximum absolute atomic E-state index is 12.7. The van der Waals surface area contributed by atoms with Crippen LogP contribution in [0, 0.1) is 12.8 Å². The van der Waals surface area contributed by atoms with Crippen molar-refractivity contribution >= 4 is 11.6 Å². The highest BCUT2D eigenvalue weighted by molar-refractivity contribution is 5.99. The first-order valence-corrected chi connectivity index (χ1v) is 7.06. The Morgan fingerprint density at radius 2 is 2.10 bits per heavy atom. The van der Waals surface area contributed by atoms with E-state index in [1.807, 2.05) is 37.1 Å². The molecule has 0 aliphatic rings. The van der Waals surface area contributed by atoms with Crippen molar-refractivity contribution in [3.63, 3.8) is 0 Å². The number of rotatable bonds is 7. The average Bonchev–Trinajstić information content (AvgIpc) is 2.42. The van der Waals surface area contributed by atoms with Crippen LogP contribution in [-0.2, 0) is 4.74 Å². The molecule has 1 N–H and O–H groups in total. The van der Waals surface area contributed by atoms with Gasteiger partial charge in [0.2, 0.25) is 0 Å². The number of amides is 1. The number of nitrogens with one attached hydrogen (secondary N) is 1. The van der Waals surface area contributed by atoms with Gasteiger partial charge in [-0.25, -0.2) is 0 Å². The Morgan fingerprint density at radius 1 is 1.40 bits per heavy atom. The van der Waals surface area contributed by atoms with E-state index in [4.69, 9.17) is 4.74 Å². The number of nitrogens with zero attached hydrogens (tertiary/aromatic N) is 1. The Hall–Kier alpha value is -1.55. The van der Waals surface area contributed by atoms with Crippen molar-refractivity contribution in [1.29, 1.82) is 0 Å². The fourth-order valence-electron chi connectivity index (χ4n) is 2.14. The number of hydrogen-bond donors (Lipinski definition) is 1. The SMILES string of the molecule is CNc1ccc(C)cc1C(=O)N(CCOC)CC(C)C. The molecule has 0 aliphatic carbocycles. The van der Waals surface area contributed by atoms with Crippen molar-refractivity contribution in [2.75, 3.05) is 39.2 Å². The summed E-state index contributed by atoms with van der Waals surface area (Å²) >= 11 is 0. The molecule has 0 atom stereocenters. The Labute approximate surface area is 122 Å². The molecular formula is C16H26N2O2. The molecule has 0 unspecified atom stereocenters. The summed E-state index contributed by atoms with van der Waals surface area (Å²) < 4.78 is 5.11. The zero-order valence-electron chi connectivity index (χ0n) is 13.2. The standard InChI is InChI=1S/C16H26N2O2/c1-12(2)11-18(8-9-20-5)16(19)14-10-13(3)6-7-15(14)17-4/h6-7,10,12,17H,8-9,11H2,1-5H3. The van der Waals surface area contributed by atoms with Crippen molar-refractivity contribution in [3.8, 4) is 0 Å². The first-order valence-electron chi connectivity index (χ1n) is 7.06. The summed E-state index contributed by atoms with van der Waals surface area (Å²) in [5.74, 6) is 0.488. The first-order chi connectivity index (χ1) is 9.49. The van der Waals surface area contributed by atoms with E-state index in [0.29, 0.717) is 19.1 Å². The molecule has 1 rings (SSSR count). The largest absolute Gasteiger partial charge is 0.387 e. The van der Waals surface area contributed by atoms with Crippen LogP contribution in [0.3, 0.4) is 0 Å². The zero-order chi connectivity index (χ0) is 15.1. The van der Waals surface area contributed by atoms with Crippen LogP contribution in [0.25, 0.3) is 0 Å². The number of benzene rings is 1. The van der Waals surface area contributed by atoms with E-state index >= 15 is 0 Å². The molecule has 4 nitrogen and oxygen atoms in total. The van der Waals surface area contributed by atoms with Gasteiger partial charge in [-0.3, -0.25) is 4.79 Å². The third-order valence-electron chi connectivity index (χ3n) is 3.11. The van der Waals surface area contributed by atoms with Crippen LogP contribution in [-0.4, -0.2) is 44.7 Å². The van der Waals surface area contributed by atoms with Crippen LogP contribution in [0.2, 0.25) is 0 Å². The maximum Gasteiger partial charge on any atom is 0.256 e. The van der Waals surface area contributed by atoms with Crippen molar-refractivity contribution < 1.29 is 9.53 Å². The van der Waals surface area contributed by atoms with Gasteiger partial charge in [0.15, 0.2) is 0 Å². The normalized spacial score (nSPS) is 10.7. The second-order valence-electron chi connectivity index (χ2n) is 5.44. The van der Waals surface area contributed by atoms with Crippen molar-refractivity contribution in [2.45, 2.75) is 20.8 Å². The predicted octanol–water partition coefficient (Wildman–Crippen LogP) is 2.78. The van der Waals surface area contributed by atoms with Crippen LogP contribution < -0.4 is 5.32 Å². The van der Waals surface area contributed by atoms with Crippen LogP contribution in [0.5, 0.6) is 0 Å². The van der Waals surface area contributed by atoms with Gasteiger partial charge in [0, 0.05) is 32.9 Å². The molecule has 0 aliphatic heterocycles. The number of aryl methyl sites for hydroxylation is 1. The number of carbonyl (C=O) groups excluding carboxylic acids is 1. The Balaban J connectivity index is 3.00. The minimum absolute atomic E-state index is 0.0591. The monoisotopic (exact) mass is 278 g/mol. The lowest BCUT2D eigenvalue weighted by atomic mass is 10.1. The Morgan fingerprint density at radius 3 is 2.65 bits per heavy atom. The van der Waals surface area contributed by atoms with Gasteiger partial charge in [-0.2, -0.15) is 0 Å². The molecule has 20 heavy (non-hydrogen) atoms. The minimum atomic E-state index is 0.0591. The molecular weight excluding hydrogens is 252 g/mol. The van der Waals surface area contributed by atoms with Crippen molar-refractivity contribution in [3.05, 3.63) is 29.3 Å². The quantitative estimate of drug-likeness (QED) is 0.834. The number of carbonyl (C=O) groups is 1. The molecule has 0 aromatic heterocycles. The Kier molecular flexibility index (Phi) is 6.52. The molecule has 1 aromatic carbocycles. The van der Waals surface area contributed by atoms with Crippen molar-refractivity contribution in [2.24, 2.45) is 5.92 Å². The van der Waals surface area contributed by atoms with Crippen LogP contribution >= 0.6 is 0 Å². The molecule has 4 heteroatoms. The van der Waals surface area contributed by atoms with E-state index in [1.54, 1.807) is 7.11 Å². The Bertz CT molecular complexity index is 444. The zero-order valence-corrected chi connectivity index (χ0v) is 13.2. The highest BCUT2D eigenvalue weighted by atomic mass is 16.5. The fraction of sp³-hybridized carbons (Fsp3) is 0.562. The van der Waals surface area contributed by atoms with E-state index < -0.39 is 0 Å². The average molecular weight is 278 g/mol. The van der Waals surface area contributed by atoms with E-state index in [1.165, 1.54) is 0 Å². The van der Waals surface area contributed by atoms with Crippen LogP contribution in [0.1, 0.15) is 29.8 Å². The number of anilines is 1. The lowest BCUT2D eigenvalue weighted by Crippen LogP contribution is -2.37. The van der Waals surface area contributed by atoms with Gasteiger partial charge < -0.3 is 15.0 Å². The number of ether oxygens (including phenoxy) is 1. The highest BCUT2D eigenvalue weighted by Crippen LogP contribution is 2.19. The molecule has 0 bridgehead atoms. The summed E-state index contributed by atoms with van der Waals surface area (Å²) in [4.78, 5) is 14.6. The topological polar surface area (TPSA) is 41.6 Å². The first kappa shape index (κ1) is 16.5. The predicted molar refractivity (Wildman–Crippen MR) is 83.3 cm³/mol. The molecule has 0 heterocycles. The lowest BCUT2D eigenvalue weighted by molar-refractivity contribution is 0.0673. The molecule has 112 valence electrons. The highest BCUT2D eigenvalue weighted by Gasteiger charge is 2.19. The van der Waals surface area contributed by atoms with E-state index in [0.717, 1.165) is 23.4 Å². The van der Waals surface area contributed by atoms with Gasteiger partial charge in [-0.05, 0) is 25.0 Å². The van der Waals surface area contributed by atoms with Gasteiger partial charge in [0.05, 0.1) is 12.2 Å². The lowest BCUT2D eigenvalue weighted by Gasteiger charge is -2.25. The van der Waals surface area contributed by atoms with Gasteiger partial charge in [-0.1, -0.05) is 25.5 Å².